The van der Waals surface area contributed by atoms with Crippen molar-refractivity contribution >= 4 is 5.69 Å². The van der Waals surface area contributed by atoms with E-state index in [1.54, 1.807) is 16.2 Å². The minimum atomic E-state index is -0.108. The third kappa shape index (κ3) is 3.35. The number of aromatic nitrogens is 2. The van der Waals surface area contributed by atoms with E-state index in [1.807, 2.05) is 45.0 Å². The van der Waals surface area contributed by atoms with Crippen molar-refractivity contribution < 1.29 is 9.47 Å². The molecule has 0 N–H and O–H groups in total. The van der Waals surface area contributed by atoms with Gasteiger partial charge in [0, 0.05) is 25.2 Å². The standard InChI is InChI=1S/C23H25N3O3/c1-6-26-18(17-7-8-19-20(11-17)29-13-28-19)12-21(25(5)23(26)27)24-22-15(3)9-14(2)10-16(22)4/h7-12H,6,13H2,1-5H3. The van der Waals surface area contributed by atoms with Gasteiger partial charge in [0.25, 0.3) is 0 Å². The smallest absolute Gasteiger partial charge is 0.329 e. The summed E-state index contributed by atoms with van der Waals surface area (Å²) in [4.78, 5) is 17.9. The summed E-state index contributed by atoms with van der Waals surface area (Å²) in [5.41, 5.74) is 6.48. The van der Waals surface area contributed by atoms with Crippen molar-refractivity contribution in [3.05, 3.63) is 69.1 Å². The molecule has 0 saturated heterocycles. The molecule has 0 aliphatic carbocycles. The van der Waals surface area contributed by atoms with Crippen LogP contribution in [0.3, 0.4) is 0 Å². The highest BCUT2D eigenvalue weighted by atomic mass is 16.7. The van der Waals surface area contributed by atoms with Gasteiger partial charge in [-0.15, -0.1) is 0 Å². The maximum atomic E-state index is 13.1. The van der Waals surface area contributed by atoms with Crippen molar-refractivity contribution in [2.75, 3.05) is 6.79 Å². The van der Waals surface area contributed by atoms with Gasteiger partial charge < -0.3 is 9.47 Å². The van der Waals surface area contributed by atoms with E-state index in [1.165, 1.54) is 5.56 Å². The molecule has 0 saturated carbocycles. The van der Waals surface area contributed by atoms with E-state index in [9.17, 15) is 4.79 Å². The van der Waals surface area contributed by atoms with Gasteiger partial charge in [0.1, 0.15) is 5.49 Å². The molecule has 1 aliphatic rings. The fourth-order valence-corrected chi connectivity index (χ4v) is 3.85. The highest BCUT2D eigenvalue weighted by Crippen LogP contribution is 2.35. The number of ether oxygens (including phenoxy) is 2. The summed E-state index contributed by atoms with van der Waals surface area (Å²) in [7, 11) is 1.76. The predicted molar refractivity (Wildman–Crippen MR) is 113 cm³/mol. The molecule has 2 heterocycles. The Morgan fingerprint density at radius 2 is 1.69 bits per heavy atom. The minimum Gasteiger partial charge on any atom is -0.454 e. The SMILES string of the molecule is CCn1c(-c2ccc3c(c2)OCO3)cc(=Nc2c(C)cc(C)cc2C)n(C)c1=O. The Bertz CT molecular complexity index is 1210. The lowest BCUT2D eigenvalue weighted by atomic mass is 10.1. The van der Waals surface area contributed by atoms with Crippen LogP contribution in [0.15, 0.2) is 46.2 Å². The molecular formula is C23H25N3O3. The Labute approximate surface area is 169 Å². The average molecular weight is 391 g/mol. The van der Waals surface area contributed by atoms with Crippen LogP contribution in [0.25, 0.3) is 11.3 Å². The predicted octanol–water partition coefficient (Wildman–Crippen LogP) is 3.76. The minimum absolute atomic E-state index is 0.108. The Kier molecular flexibility index (Phi) is 4.78. The van der Waals surface area contributed by atoms with Crippen molar-refractivity contribution in [2.45, 2.75) is 34.2 Å². The topological polar surface area (TPSA) is 57.8 Å². The van der Waals surface area contributed by atoms with Gasteiger partial charge in [-0.1, -0.05) is 17.7 Å². The normalized spacial score (nSPS) is 13.2. The number of hydrogen-bond acceptors (Lipinski definition) is 4. The number of aryl methyl sites for hydroxylation is 3. The zero-order chi connectivity index (χ0) is 20.7. The van der Waals surface area contributed by atoms with Crippen molar-refractivity contribution in [1.82, 2.24) is 9.13 Å². The van der Waals surface area contributed by atoms with Crippen LogP contribution >= 0.6 is 0 Å². The number of benzene rings is 2. The van der Waals surface area contributed by atoms with Gasteiger partial charge in [0.15, 0.2) is 11.5 Å². The largest absolute Gasteiger partial charge is 0.454 e. The summed E-state index contributed by atoms with van der Waals surface area (Å²) >= 11 is 0. The van der Waals surface area contributed by atoms with Crippen LogP contribution in [0.1, 0.15) is 23.6 Å². The number of hydrogen-bond donors (Lipinski definition) is 0. The summed E-state index contributed by atoms with van der Waals surface area (Å²) < 4.78 is 14.3. The van der Waals surface area contributed by atoms with Crippen LogP contribution < -0.4 is 20.7 Å². The first-order valence-corrected chi connectivity index (χ1v) is 9.72. The molecule has 2 aromatic carbocycles. The molecule has 0 bridgehead atoms. The van der Waals surface area contributed by atoms with Gasteiger partial charge in [0.05, 0.1) is 11.4 Å². The molecule has 0 fully saturated rings. The molecule has 0 spiro atoms. The molecule has 1 aromatic heterocycles. The van der Waals surface area contributed by atoms with Gasteiger partial charge >= 0.3 is 5.69 Å². The fraction of sp³-hybridized carbons (Fsp3) is 0.304. The monoisotopic (exact) mass is 391 g/mol. The molecule has 6 heteroatoms. The molecule has 29 heavy (non-hydrogen) atoms. The molecule has 1 aliphatic heterocycles. The Morgan fingerprint density at radius 3 is 2.38 bits per heavy atom. The highest BCUT2D eigenvalue weighted by molar-refractivity contribution is 5.64. The Morgan fingerprint density at radius 1 is 1.00 bits per heavy atom. The van der Waals surface area contributed by atoms with Crippen LogP contribution in [-0.4, -0.2) is 15.9 Å². The summed E-state index contributed by atoms with van der Waals surface area (Å²) in [5.74, 6) is 1.41. The second-order valence-electron chi connectivity index (χ2n) is 7.40. The molecule has 0 atom stereocenters. The number of nitrogens with zero attached hydrogens (tertiary/aromatic N) is 3. The van der Waals surface area contributed by atoms with Crippen molar-refractivity contribution in [2.24, 2.45) is 12.0 Å². The van der Waals surface area contributed by atoms with Gasteiger partial charge in [-0.05, 0) is 57.0 Å². The first-order chi connectivity index (χ1) is 13.9. The van der Waals surface area contributed by atoms with Gasteiger partial charge in [-0.3, -0.25) is 9.13 Å². The van der Waals surface area contributed by atoms with E-state index in [4.69, 9.17) is 14.5 Å². The van der Waals surface area contributed by atoms with E-state index >= 15 is 0 Å². The van der Waals surface area contributed by atoms with E-state index < -0.39 is 0 Å². The first-order valence-electron chi connectivity index (χ1n) is 9.72. The van der Waals surface area contributed by atoms with Crippen molar-refractivity contribution in [1.29, 1.82) is 0 Å². The summed E-state index contributed by atoms with van der Waals surface area (Å²) in [5, 5.41) is 0. The van der Waals surface area contributed by atoms with E-state index in [-0.39, 0.29) is 12.5 Å². The lowest BCUT2D eigenvalue weighted by molar-refractivity contribution is 0.174. The summed E-state index contributed by atoms with van der Waals surface area (Å²) in [6.45, 7) is 8.90. The molecule has 0 unspecified atom stereocenters. The number of fused-ring (bicyclic) bond motifs is 1. The quantitative estimate of drug-likeness (QED) is 0.683. The second-order valence-corrected chi connectivity index (χ2v) is 7.40. The maximum Gasteiger partial charge on any atom is 0.329 e. The molecule has 4 rings (SSSR count). The van der Waals surface area contributed by atoms with Gasteiger partial charge in [-0.2, -0.15) is 0 Å². The third-order valence-corrected chi connectivity index (χ3v) is 5.26. The van der Waals surface area contributed by atoms with Crippen molar-refractivity contribution in [3.8, 4) is 22.8 Å². The van der Waals surface area contributed by atoms with Crippen LogP contribution in [0.4, 0.5) is 5.69 Å². The molecule has 3 aromatic rings. The van der Waals surface area contributed by atoms with E-state index in [0.29, 0.717) is 17.8 Å². The maximum absolute atomic E-state index is 13.1. The molecular weight excluding hydrogens is 366 g/mol. The van der Waals surface area contributed by atoms with Crippen LogP contribution in [0, 0.1) is 20.8 Å². The first kappa shape index (κ1) is 19.1. The van der Waals surface area contributed by atoms with Gasteiger partial charge in [0.2, 0.25) is 6.79 Å². The van der Waals surface area contributed by atoms with Crippen LogP contribution in [0.2, 0.25) is 0 Å². The van der Waals surface area contributed by atoms with Crippen LogP contribution in [0.5, 0.6) is 11.5 Å². The van der Waals surface area contributed by atoms with Crippen molar-refractivity contribution in [3.63, 3.8) is 0 Å². The third-order valence-electron chi connectivity index (χ3n) is 5.26. The lowest BCUT2D eigenvalue weighted by Gasteiger charge is -2.14. The summed E-state index contributed by atoms with van der Waals surface area (Å²) in [6, 6.07) is 11.9. The number of rotatable bonds is 3. The van der Waals surface area contributed by atoms with E-state index in [0.717, 1.165) is 33.8 Å². The molecule has 6 nitrogen and oxygen atoms in total. The molecule has 150 valence electrons. The Hall–Kier alpha value is -3.28. The lowest BCUT2D eigenvalue weighted by Crippen LogP contribution is -2.38. The highest BCUT2D eigenvalue weighted by Gasteiger charge is 2.16. The zero-order valence-electron chi connectivity index (χ0n) is 17.4. The molecule has 0 radical (unpaired) electrons. The average Bonchev–Trinajstić information content (AvgIpc) is 3.15. The van der Waals surface area contributed by atoms with Gasteiger partial charge in [-0.25, -0.2) is 9.79 Å². The fourth-order valence-electron chi connectivity index (χ4n) is 3.85. The van der Waals surface area contributed by atoms with Crippen LogP contribution in [-0.2, 0) is 13.6 Å². The second kappa shape index (κ2) is 7.28. The summed E-state index contributed by atoms with van der Waals surface area (Å²) in [6.07, 6.45) is 0. The van der Waals surface area contributed by atoms with E-state index in [2.05, 4.69) is 19.1 Å². The molecule has 0 amide bonds. The Balaban J connectivity index is 1.97. The zero-order valence-corrected chi connectivity index (χ0v) is 17.4.